The summed E-state index contributed by atoms with van der Waals surface area (Å²) in [6.07, 6.45) is -0.117. The van der Waals surface area contributed by atoms with Gasteiger partial charge in [-0.3, -0.25) is 4.79 Å². The number of carboxylic acid groups (broad SMARTS) is 1. The lowest BCUT2D eigenvalue weighted by Gasteiger charge is -2.28. The molecule has 2 N–H and O–H groups in total. The quantitative estimate of drug-likeness (QED) is 0.639. The molecule has 1 aliphatic carbocycles. The minimum atomic E-state index is -0.982. The van der Waals surface area contributed by atoms with E-state index >= 15 is 0 Å². The molecule has 2 aromatic rings. The Kier molecular flexibility index (Phi) is 6.93. The summed E-state index contributed by atoms with van der Waals surface area (Å²) in [7, 11) is 0. The molecule has 1 heterocycles. The zero-order chi connectivity index (χ0) is 23.5. The SMILES string of the molecule is CC(CCNC(=O)OCC1c2ccccc2-c2ccccc21)C(=O)N1C(C)SCC1C(=O)O. The van der Waals surface area contributed by atoms with Gasteiger partial charge in [-0.05, 0) is 35.6 Å². The highest BCUT2D eigenvalue weighted by Crippen LogP contribution is 2.44. The predicted octanol–water partition coefficient (Wildman–Crippen LogP) is 3.93. The van der Waals surface area contributed by atoms with Gasteiger partial charge in [0.1, 0.15) is 12.6 Å². The molecule has 2 aromatic carbocycles. The summed E-state index contributed by atoms with van der Waals surface area (Å²) in [5, 5.41) is 11.9. The summed E-state index contributed by atoms with van der Waals surface area (Å²) in [5.74, 6) is -1.20. The summed E-state index contributed by atoms with van der Waals surface area (Å²) in [4.78, 5) is 38.0. The molecule has 3 unspecified atom stereocenters. The van der Waals surface area contributed by atoms with Crippen LogP contribution in [0.5, 0.6) is 0 Å². The maximum Gasteiger partial charge on any atom is 0.407 e. The van der Waals surface area contributed by atoms with Gasteiger partial charge >= 0.3 is 12.1 Å². The van der Waals surface area contributed by atoms with Crippen molar-refractivity contribution >= 4 is 29.7 Å². The highest BCUT2D eigenvalue weighted by molar-refractivity contribution is 8.00. The van der Waals surface area contributed by atoms with Gasteiger partial charge in [-0.1, -0.05) is 55.5 Å². The van der Waals surface area contributed by atoms with Crippen LogP contribution < -0.4 is 5.32 Å². The van der Waals surface area contributed by atoms with Crippen molar-refractivity contribution in [3.63, 3.8) is 0 Å². The van der Waals surface area contributed by atoms with Gasteiger partial charge < -0.3 is 20.1 Å². The number of rotatable bonds is 7. The molecule has 3 atom stereocenters. The first-order valence-corrected chi connectivity index (χ1v) is 12.2. The zero-order valence-corrected chi connectivity index (χ0v) is 19.5. The van der Waals surface area contributed by atoms with Crippen molar-refractivity contribution in [2.45, 2.75) is 37.6 Å². The van der Waals surface area contributed by atoms with Gasteiger partial charge in [0.2, 0.25) is 5.91 Å². The fraction of sp³-hybridized carbons (Fsp3) is 0.400. The van der Waals surface area contributed by atoms with E-state index in [0.717, 1.165) is 11.1 Å². The summed E-state index contributed by atoms with van der Waals surface area (Å²) in [6, 6.07) is 15.5. The van der Waals surface area contributed by atoms with Crippen molar-refractivity contribution in [1.29, 1.82) is 0 Å². The fourth-order valence-electron chi connectivity index (χ4n) is 4.59. The van der Waals surface area contributed by atoms with Crippen LogP contribution in [0.4, 0.5) is 4.79 Å². The van der Waals surface area contributed by atoms with Crippen molar-refractivity contribution in [2.24, 2.45) is 5.92 Å². The molecular weight excluding hydrogens is 440 g/mol. The van der Waals surface area contributed by atoms with Crippen molar-refractivity contribution in [3.8, 4) is 11.1 Å². The molecule has 8 heteroatoms. The normalized spacial score (nSPS) is 20.1. The van der Waals surface area contributed by atoms with Crippen LogP contribution in [-0.4, -0.2) is 58.3 Å². The van der Waals surface area contributed by atoms with E-state index < -0.39 is 24.0 Å². The molecule has 1 aliphatic heterocycles. The number of amides is 2. The van der Waals surface area contributed by atoms with Crippen LogP contribution in [0.25, 0.3) is 11.1 Å². The molecule has 1 fully saturated rings. The zero-order valence-electron chi connectivity index (χ0n) is 18.7. The van der Waals surface area contributed by atoms with E-state index in [4.69, 9.17) is 4.74 Å². The number of ether oxygens (including phenoxy) is 1. The third-order valence-electron chi connectivity index (χ3n) is 6.37. The van der Waals surface area contributed by atoms with E-state index in [0.29, 0.717) is 12.2 Å². The fourth-order valence-corrected chi connectivity index (χ4v) is 5.76. The molecule has 0 radical (unpaired) electrons. The average molecular weight is 469 g/mol. The summed E-state index contributed by atoms with van der Waals surface area (Å²) < 4.78 is 5.52. The first-order valence-electron chi connectivity index (χ1n) is 11.1. The van der Waals surface area contributed by atoms with Crippen LogP contribution in [0, 0.1) is 5.92 Å². The molecule has 0 saturated carbocycles. The van der Waals surface area contributed by atoms with E-state index in [-0.39, 0.29) is 30.4 Å². The average Bonchev–Trinajstić information content (AvgIpc) is 3.35. The van der Waals surface area contributed by atoms with Crippen LogP contribution in [0.15, 0.2) is 48.5 Å². The molecule has 1 saturated heterocycles. The molecule has 0 spiro atoms. The molecule has 2 amide bonds. The van der Waals surface area contributed by atoms with Gasteiger partial charge in [-0.15, -0.1) is 11.8 Å². The predicted molar refractivity (Wildman–Crippen MR) is 127 cm³/mol. The summed E-state index contributed by atoms with van der Waals surface area (Å²) >= 11 is 1.46. The van der Waals surface area contributed by atoms with Crippen molar-refractivity contribution < 1.29 is 24.2 Å². The van der Waals surface area contributed by atoms with E-state index in [1.807, 2.05) is 31.2 Å². The number of benzene rings is 2. The van der Waals surface area contributed by atoms with E-state index in [9.17, 15) is 19.5 Å². The number of thioether (sulfide) groups is 1. The number of alkyl carbamates (subject to hydrolysis) is 1. The molecule has 7 nitrogen and oxygen atoms in total. The molecule has 0 bridgehead atoms. The largest absolute Gasteiger partial charge is 0.480 e. The van der Waals surface area contributed by atoms with Gasteiger partial charge in [0, 0.05) is 24.1 Å². The second kappa shape index (κ2) is 9.87. The van der Waals surface area contributed by atoms with E-state index in [1.165, 1.54) is 27.8 Å². The van der Waals surface area contributed by atoms with E-state index in [1.54, 1.807) is 6.92 Å². The van der Waals surface area contributed by atoms with Gasteiger partial charge in [0.15, 0.2) is 0 Å². The van der Waals surface area contributed by atoms with Crippen LogP contribution in [0.1, 0.15) is 37.3 Å². The van der Waals surface area contributed by atoms with Gasteiger partial charge in [0.25, 0.3) is 0 Å². The topological polar surface area (TPSA) is 95.9 Å². The number of hydrogen-bond acceptors (Lipinski definition) is 5. The third-order valence-corrected chi connectivity index (χ3v) is 7.59. The molecule has 0 aromatic heterocycles. The maximum atomic E-state index is 12.8. The lowest BCUT2D eigenvalue weighted by molar-refractivity contribution is -0.150. The summed E-state index contributed by atoms with van der Waals surface area (Å²) in [5.41, 5.74) is 4.64. The minimum absolute atomic E-state index is 0.00856. The Morgan fingerprint density at radius 2 is 1.73 bits per heavy atom. The van der Waals surface area contributed by atoms with Crippen molar-refractivity contribution in [2.75, 3.05) is 18.9 Å². The number of hydrogen-bond donors (Lipinski definition) is 2. The van der Waals surface area contributed by atoms with Crippen LogP contribution in [-0.2, 0) is 14.3 Å². The highest BCUT2D eigenvalue weighted by atomic mass is 32.2. The highest BCUT2D eigenvalue weighted by Gasteiger charge is 2.40. The first kappa shape index (κ1) is 23.2. The Balaban J connectivity index is 1.27. The number of carboxylic acids is 1. The second-order valence-corrected chi connectivity index (χ2v) is 9.82. The van der Waals surface area contributed by atoms with Crippen LogP contribution in [0.3, 0.4) is 0 Å². The molecule has 174 valence electrons. The third kappa shape index (κ3) is 4.71. The Labute approximate surface area is 197 Å². The van der Waals surface area contributed by atoms with Gasteiger partial charge in [0.05, 0.1) is 5.37 Å². The van der Waals surface area contributed by atoms with Gasteiger partial charge in [-0.2, -0.15) is 0 Å². The van der Waals surface area contributed by atoms with Gasteiger partial charge in [-0.25, -0.2) is 9.59 Å². The second-order valence-electron chi connectivity index (χ2n) is 8.47. The van der Waals surface area contributed by atoms with Crippen LogP contribution >= 0.6 is 11.8 Å². The maximum absolute atomic E-state index is 12.8. The Bertz CT molecular complexity index is 1010. The lowest BCUT2D eigenvalue weighted by atomic mass is 9.98. The molecule has 33 heavy (non-hydrogen) atoms. The Hall–Kier alpha value is -3.00. The number of nitrogens with one attached hydrogen (secondary N) is 1. The number of aliphatic carboxylic acids is 1. The lowest BCUT2D eigenvalue weighted by Crippen LogP contribution is -2.47. The smallest absolute Gasteiger partial charge is 0.407 e. The van der Waals surface area contributed by atoms with Crippen molar-refractivity contribution in [3.05, 3.63) is 59.7 Å². The molecule has 2 aliphatic rings. The minimum Gasteiger partial charge on any atom is -0.480 e. The van der Waals surface area contributed by atoms with Crippen LogP contribution in [0.2, 0.25) is 0 Å². The number of nitrogens with zero attached hydrogens (tertiary/aromatic N) is 1. The monoisotopic (exact) mass is 468 g/mol. The van der Waals surface area contributed by atoms with Crippen molar-refractivity contribution in [1.82, 2.24) is 10.2 Å². The van der Waals surface area contributed by atoms with E-state index in [2.05, 4.69) is 29.6 Å². The summed E-state index contributed by atoms with van der Waals surface area (Å²) in [6.45, 7) is 4.11. The Morgan fingerprint density at radius 3 is 2.33 bits per heavy atom. The molecule has 4 rings (SSSR count). The number of fused-ring (bicyclic) bond motifs is 3. The number of carbonyl (C=O) groups is 3. The number of carbonyl (C=O) groups excluding carboxylic acids is 2. The Morgan fingerprint density at radius 1 is 1.12 bits per heavy atom. The standard InChI is InChI=1S/C25H28N2O5S/c1-15(23(28)27-16(2)33-14-22(27)24(29)30)11-12-26-25(31)32-13-21-19-9-5-3-7-17(19)18-8-4-6-10-20(18)21/h3-10,15-16,21-22H,11-14H2,1-2H3,(H,26,31)(H,29,30). The first-order chi connectivity index (χ1) is 15.9. The molecular formula is C25H28N2O5S.